The Hall–Kier alpha value is -1.78. The minimum atomic E-state index is -4.13. The first-order valence-electron chi connectivity index (χ1n) is 7.22. The number of nitrogens with one attached hydrogen (secondary N) is 1. The van der Waals surface area contributed by atoms with Crippen LogP contribution in [0.25, 0.3) is 0 Å². The highest BCUT2D eigenvalue weighted by Crippen LogP contribution is 2.32. The van der Waals surface area contributed by atoms with E-state index in [2.05, 4.69) is 10.3 Å². The molecule has 0 unspecified atom stereocenters. The van der Waals surface area contributed by atoms with E-state index >= 15 is 0 Å². The molecule has 1 saturated carbocycles. The summed E-state index contributed by atoms with van der Waals surface area (Å²) in [6.07, 6.45) is 3.95. The molecule has 0 saturated heterocycles. The molecule has 0 radical (unpaired) electrons. The average Bonchev–Trinajstić information content (AvgIpc) is 2.45. The smallest absolute Gasteiger partial charge is 0.289 e. The number of nitrogens with two attached hydrogens (primary N) is 1. The first-order valence-corrected chi connectivity index (χ1v) is 8.77. The average molecular weight is 344 g/mol. The Balaban J connectivity index is 2.12. The predicted octanol–water partition coefficient (Wildman–Crippen LogP) is 0.990. The number of nitro groups is 1. The van der Waals surface area contributed by atoms with Crippen molar-refractivity contribution in [3.05, 3.63) is 22.4 Å². The highest BCUT2D eigenvalue weighted by atomic mass is 32.2. The number of sulfonamides is 1. The molecule has 23 heavy (non-hydrogen) atoms. The largest absolute Gasteiger partial charge is 0.390 e. The SMILES string of the molecule is CC1(O)CCC(CNc2ncc([N+](=O)[O-])cc2S(N)(=O)=O)CC1. The zero-order valence-electron chi connectivity index (χ0n) is 12.7. The summed E-state index contributed by atoms with van der Waals surface area (Å²) in [4.78, 5) is 13.4. The van der Waals surface area contributed by atoms with Crippen LogP contribution >= 0.6 is 0 Å². The number of nitrogens with zero attached hydrogens (tertiary/aromatic N) is 2. The van der Waals surface area contributed by atoms with Gasteiger partial charge < -0.3 is 10.4 Å². The fourth-order valence-electron chi connectivity index (χ4n) is 2.63. The molecule has 10 heteroatoms. The Morgan fingerprint density at radius 3 is 2.65 bits per heavy atom. The summed E-state index contributed by atoms with van der Waals surface area (Å²) in [5.41, 5.74) is -1.08. The molecule has 1 aromatic heterocycles. The molecule has 9 nitrogen and oxygen atoms in total. The topological polar surface area (TPSA) is 148 Å². The first kappa shape index (κ1) is 17.6. The van der Waals surface area contributed by atoms with Crippen LogP contribution in [0, 0.1) is 16.0 Å². The first-order chi connectivity index (χ1) is 10.6. The number of aliphatic hydroxyl groups is 1. The maximum atomic E-state index is 11.6. The van der Waals surface area contributed by atoms with Gasteiger partial charge in [-0.25, -0.2) is 18.5 Å². The molecule has 0 amide bonds. The van der Waals surface area contributed by atoms with E-state index in [4.69, 9.17) is 5.14 Å². The van der Waals surface area contributed by atoms with Crippen LogP contribution in [0.4, 0.5) is 11.5 Å². The number of primary sulfonamides is 1. The van der Waals surface area contributed by atoms with Gasteiger partial charge in [0.15, 0.2) is 0 Å². The molecule has 1 aliphatic carbocycles. The molecule has 1 fully saturated rings. The van der Waals surface area contributed by atoms with Crippen LogP contribution in [-0.4, -0.2) is 35.6 Å². The van der Waals surface area contributed by atoms with E-state index in [1.807, 2.05) is 0 Å². The molecule has 0 atom stereocenters. The number of pyridine rings is 1. The maximum Gasteiger partial charge on any atom is 0.289 e. The summed E-state index contributed by atoms with van der Waals surface area (Å²) in [5.74, 6) is 0.274. The van der Waals surface area contributed by atoms with Gasteiger partial charge in [-0.05, 0) is 38.5 Å². The van der Waals surface area contributed by atoms with Crippen molar-refractivity contribution in [2.75, 3.05) is 11.9 Å². The summed E-state index contributed by atoms with van der Waals surface area (Å²) in [7, 11) is -4.13. The van der Waals surface area contributed by atoms with Crippen molar-refractivity contribution in [3.63, 3.8) is 0 Å². The summed E-state index contributed by atoms with van der Waals surface area (Å²) >= 11 is 0. The number of hydrogen-bond donors (Lipinski definition) is 3. The van der Waals surface area contributed by atoms with Crippen molar-refractivity contribution in [2.24, 2.45) is 11.1 Å². The normalized spacial score (nSPS) is 25.1. The van der Waals surface area contributed by atoms with Gasteiger partial charge in [-0.3, -0.25) is 10.1 Å². The van der Waals surface area contributed by atoms with E-state index in [1.165, 1.54) is 0 Å². The second kappa shape index (κ2) is 6.38. The van der Waals surface area contributed by atoms with Crippen LogP contribution in [0.2, 0.25) is 0 Å². The van der Waals surface area contributed by atoms with Crippen molar-refractivity contribution < 1.29 is 18.4 Å². The standard InChI is InChI=1S/C13H20N4O5S/c1-13(18)4-2-9(3-5-13)7-15-12-11(23(14,21)22)6-10(8-16-12)17(19)20/h6,8-9,18H,2-5,7H2,1H3,(H,15,16)(H2,14,21,22). The Kier molecular flexibility index (Phi) is 4.87. The van der Waals surface area contributed by atoms with E-state index < -0.39 is 31.1 Å². The molecular formula is C13H20N4O5S. The van der Waals surface area contributed by atoms with Gasteiger partial charge in [-0.2, -0.15) is 0 Å². The lowest BCUT2D eigenvalue weighted by molar-refractivity contribution is -0.385. The third-order valence-electron chi connectivity index (χ3n) is 4.10. The van der Waals surface area contributed by atoms with E-state index in [9.17, 15) is 23.6 Å². The molecule has 128 valence electrons. The molecule has 1 heterocycles. The highest BCUT2D eigenvalue weighted by Gasteiger charge is 2.29. The fourth-order valence-corrected chi connectivity index (χ4v) is 3.31. The lowest BCUT2D eigenvalue weighted by atomic mass is 9.80. The predicted molar refractivity (Wildman–Crippen MR) is 83.3 cm³/mol. The van der Waals surface area contributed by atoms with Gasteiger partial charge in [-0.1, -0.05) is 0 Å². The van der Waals surface area contributed by atoms with Gasteiger partial charge in [0.05, 0.1) is 10.5 Å². The molecule has 0 aliphatic heterocycles. The van der Waals surface area contributed by atoms with Gasteiger partial charge in [0, 0.05) is 12.6 Å². The summed E-state index contributed by atoms with van der Waals surface area (Å²) in [6, 6.07) is 0.899. The van der Waals surface area contributed by atoms with Crippen molar-refractivity contribution >= 4 is 21.5 Å². The minimum absolute atomic E-state index is 0.00966. The van der Waals surface area contributed by atoms with Gasteiger partial charge in [-0.15, -0.1) is 0 Å². The van der Waals surface area contributed by atoms with E-state index in [1.54, 1.807) is 6.92 Å². The van der Waals surface area contributed by atoms with Crippen LogP contribution in [0.1, 0.15) is 32.6 Å². The van der Waals surface area contributed by atoms with Crippen LogP contribution in [0.15, 0.2) is 17.2 Å². The van der Waals surface area contributed by atoms with Crippen molar-refractivity contribution in [1.29, 1.82) is 0 Å². The van der Waals surface area contributed by atoms with Crippen LogP contribution in [-0.2, 0) is 10.0 Å². The van der Waals surface area contributed by atoms with E-state index in [0.29, 0.717) is 19.4 Å². The van der Waals surface area contributed by atoms with Gasteiger partial charge in [0.1, 0.15) is 16.9 Å². The number of rotatable bonds is 5. The zero-order valence-corrected chi connectivity index (χ0v) is 13.5. The van der Waals surface area contributed by atoms with Gasteiger partial charge in [0.2, 0.25) is 10.0 Å². The second-order valence-corrected chi connectivity index (χ2v) is 7.69. The Morgan fingerprint density at radius 1 is 1.52 bits per heavy atom. The van der Waals surface area contributed by atoms with Crippen LogP contribution in [0.3, 0.4) is 0 Å². The van der Waals surface area contributed by atoms with Crippen molar-refractivity contribution in [1.82, 2.24) is 4.98 Å². The number of aromatic nitrogens is 1. The Morgan fingerprint density at radius 2 is 2.13 bits per heavy atom. The second-order valence-electron chi connectivity index (χ2n) is 6.16. The number of hydrogen-bond acceptors (Lipinski definition) is 7. The van der Waals surface area contributed by atoms with Gasteiger partial charge >= 0.3 is 0 Å². The van der Waals surface area contributed by atoms with Crippen LogP contribution < -0.4 is 10.5 Å². The molecule has 0 spiro atoms. The summed E-state index contributed by atoms with van der Waals surface area (Å²) in [6.45, 7) is 2.26. The molecule has 0 bridgehead atoms. The molecule has 2 rings (SSSR count). The monoisotopic (exact) mass is 344 g/mol. The van der Waals surface area contributed by atoms with Crippen molar-refractivity contribution in [2.45, 2.75) is 43.1 Å². The van der Waals surface area contributed by atoms with E-state index in [-0.39, 0.29) is 11.7 Å². The molecule has 1 aromatic rings. The fraction of sp³-hybridized carbons (Fsp3) is 0.615. The van der Waals surface area contributed by atoms with Crippen LogP contribution in [0.5, 0.6) is 0 Å². The lowest BCUT2D eigenvalue weighted by Crippen LogP contribution is -2.32. The summed E-state index contributed by atoms with van der Waals surface area (Å²) in [5, 5.41) is 28.7. The Bertz CT molecular complexity index is 694. The molecule has 4 N–H and O–H groups in total. The highest BCUT2D eigenvalue weighted by molar-refractivity contribution is 7.89. The maximum absolute atomic E-state index is 11.6. The third-order valence-corrected chi connectivity index (χ3v) is 5.02. The Labute approximate surface area is 134 Å². The summed E-state index contributed by atoms with van der Waals surface area (Å²) < 4.78 is 23.2. The zero-order chi connectivity index (χ0) is 17.3. The minimum Gasteiger partial charge on any atom is -0.390 e. The lowest BCUT2D eigenvalue weighted by Gasteiger charge is -2.33. The third kappa shape index (κ3) is 4.60. The molecule has 1 aliphatic rings. The van der Waals surface area contributed by atoms with Crippen molar-refractivity contribution in [3.8, 4) is 0 Å². The quantitative estimate of drug-likeness (QED) is 0.532. The van der Waals surface area contributed by atoms with E-state index in [0.717, 1.165) is 25.1 Å². The molecular weight excluding hydrogens is 324 g/mol. The number of anilines is 1. The van der Waals surface area contributed by atoms with Gasteiger partial charge in [0.25, 0.3) is 5.69 Å². The molecule has 0 aromatic carbocycles.